The van der Waals surface area contributed by atoms with Crippen LogP contribution >= 0.6 is 11.8 Å². The summed E-state index contributed by atoms with van der Waals surface area (Å²) in [6.45, 7) is 5.27. The molecule has 2 aromatic carbocycles. The molecule has 2 aromatic rings. The Bertz CT molecular complexity index is 1010. The Morgan fingerprint density at radius 2 is 1.81 bits per heavy atom. The molecule has 4 heterocycles. The number of primary sulfonamides is 1. The van der Waals surface area contributed by atoms with Crippen LogP contribution in [0.4, 0.5) is 11.4 Å². The van der Waals surface area contributed by atoms with E-state index in [1.165, 1.54) is 36.5 Å². The maximum absolute atomic E-state index is 12.1. The molecular weight excluding hydrogens is 378 g/mol. The van der Waals surface area contributed by atoms with E-state index in [9.17, 15) is 8.42 Å². The Morgan fingerprint density at radius 1 is 1.07 bits per heavy atom. The Balaban J connectivity index is 1.72. The van der Waals surface area contributed by atoms with Gasteiger partial charge in [0, 0.05) is 22.4 Å². The SMILES string of the molecule is Cc1c(S(N)(=O)=O)ccc2c1N(C1CN3CCC1CC3)c1ccccc1S2. The van der Waals surface area contributed by atoms with Crippen LogP contribution in [0, 0.1) is 12.8 Å². The summed E-state index contributed by atoms with van der Waals surface area (Å²) in [6, 6.07) is 12.4. The van der Waals surface area contributed by atoms with Crippen molar-refractivity contribution in [3.8, 4) is 0 Å². The molecule has 142 valence electrons. The summed E-state index contributed by atoms with van der Waals surface area (Å²) in [5, 5.41) is 5.51. The standard InChI is InChI=1S/C20H23N3O2S2/c1-13-19(27(21,24)25)7-6-18-20(13)23(15-4-2-3-5-17(15)26-18)16-12-22-10-8-14(16)9-11-22/h2-7,14,16H,8-12H2,1H3,(H2,21,24,25). The van der Waals surface area contributed by atoms with E-state index in [-0.39, 0.29) is 4.90 Å². The normalized spacial score (nSPS) is 26.6. The van der Waals surface area contributed by atoms with Gasteiger partial charge in [-0.2, -0.15) is 0 Å². The van der Waals surface area contributed by atoms with E-state index in [0.29, 0.717) is 12.0 Å². The first-order valence-corrected chi connectivity index (χ1v) is 11.7. The minimum Gasteiger partial charge on any atom is -0.335 e. The molecule has 3 fully saturated rings. The van der Waals surface area contributed by atoms with Gasteiger partial charge in [-0.05, 0) is 68.6 Å². The van der Waals surface area contributed by atoms with Crippen molar-refractivity contribution in [1.29, 1.82) is 0 Å². The van der Waals surface area contributed by atoms with Gasteiger partial charge in [-0.3, -0.25) is 0 Å². The molecule has 0 aliphatic carbocycles. The van der Waals surface area contributed by atoms with E-state index in [4.69, 9.17) is 5.14 Å². The van der Waals surface area contributed by atoms with Gasteiger partial charge in [0.1, 0.15) is 0 Å². The second-order valence-corrected chi connectivity index (χ2v) is 10.3. The maximum atomic E-state index is 12.1. The number of hydrogen-bond donors (Lipinski definition) is 1. The van der Waals surface area contributed by atoms with Gasteiger partial charge in [0.2, 0.25) is 10.0 Å². The summed E-state index contributed by atoms with van der Waals surface area (Å²) >= 11 is 1.71. The third kappa shape index (κ3) is 2.79. The predicted octanol–water partition coefficient (Wildman–Crippen LogP) is 3.34. The Kier molecular flexibility index (Phi) is 4.05. The van der Waals surface area contributed by atoms with Crippen LogP contribution in [0.5, 0.6) is 0 Å². The monoisotopic (exact) mass is 401 g/mol. The molecule has 0 radical (unpaired) electrons. The van der Waals surface area contributed by atoms with Crippen LogP contribution in [-0.2, 0) is 10.0 Å². The lowest BCUT2D eigenvalue weighted by Gasteiger charge is -2.51. The minimum atomic E-state index is -3.76. The van der Waals surface area contributed by atoms with Crippen LogP contribution < -0.4 is 10.0 Å². The Labute approximate surface area is 164 Å². The number of benzene rings is 2. The van der Waals surface area contributed by atoms with E-state index in [2.05, 4.69) is 34.1 Å². The van der Waals surface area contributed by atoms with E-state index in [0.717, 1.165) is 22.7 Å². The number of fused-ring (bicyclic) bond motifs is 5. The third-order valence-electron chi connectivity index (χ3n) is 6.19. The number of piperidine rings is 3. The molecule has 0 aromatic heterocycles. The molecule has 7 heteroatoms. The van der Waals surface area contributed by atoms with E-state index < -0.39 is 10.0 Å². The number of sulfonamides is 1. The van der Waals surface area contributed by atoms with Gasteiger partial charge in [0.05, 0.1) is 16.3 Å². The van der Waals surface area contributed by atoms with Crippen LogP contribution in [-0.4, -0.2) is 39.0 Å². The molecule has 27 heavy (non-hydrogen) atoms. The number of nitrogens with zero attached hydrogens (tertiary/aromatic N) is 2. The summed E-state index contributed by atoms with van der Waals surface area (Å²) < 4.78 is 24.3. The third-order valence-corrected chi connectivity index (χ3v) is 8.36. The van der Waals surface area contributed by atoms with Gasteiger partial charge in [0.15, 0.2) is 0 Å². The fourth-order valence-electron chi connectivity index (χ4n) is 4.90. The molecule has 0 spiro atoms. The van der Waals surface area contributed by atoms with Crippen molar-refractivity contribution in [3.05, 3.63) is 42.0 Å². The van der Waals surface area contributed by atoms with E-state index in [1.54, 1.807) is 17.8 Å². The van der Waals surface area contributed by atoms with Crippen molar-refractivity contribution in [2.75, 3.05) is 24.5 Å². The van der Waals surface area contributed by atoms with Crippen molar-refractivity contribution >= 4 is 33.2 Å². The fraction of sp³-hybridized carbons (Fsp3) is 0.400. The number of rotatable bonds is 2. The van der Waals surface area contributed by atoms with Crippen molar-refractivity contribution < 1.29 is 8.42 Å². The van der Waals surface area contributed by atoms with Crippen molar-refractivity contribution in [1.82, 2.24) is 4.90 Å². The highest BCUT2D eigenvalue weighted by atomic mass is 32.2. The molecule has 2 N–H and O–H groups in total. The quantitative estimate of drug-likeness (QED) is 0.836. The largest absolute Gasteiger partial charge is 0.335 e. The molecule has 2 bridgehead atoms. The maximum Gasteiger partial charge on any atom is 0.238 e. The van der Waals surface area contributed by atoms with Crippen LogP contribution in [0.3, 0.4) is 0 Å². The summed E-state index contributed by atoms with van der Waals surface area (Å²) in [7, 11) is -3.76. The molecule has 1 unspecified atom stereocenters. The van der Waals surface area contributed by atoms with Gasteiger partial charge in [-0.15, -0.1) is 0 Å². The molecule has 4 aliphatic rings. The van der Waals surface area contributed by atoms with Crippen LogP contribution in [0.15, 0.2) is 51.1 Å². The topological polar surface area (TPSA) is 66.6 Å². The van der Waals surface area contributed by atoms with Gasteiger partial charge < -0.3 is 9.80 Å². The van der Waals surface area contributed by atoms with Crippen LogP contribution in [0.1, 0.15) is 18.4 Å². The lowest BCUT2D eigenvalue weighted by atomic mass is 9.82. The predicted molar refractivity (Wildman–Crippen MR) is 108 cm³/mol. The molecule has 5 nitrogen and oxygen atoms in total. The second kappa shape index (κ2) is 6.24. The molecular formula is C20H23N3O2S2. The summed E-state index contributed by atoms with van der Waals surface area (Å²) in [5.41, 5.74) is 2.96. The number of nitrogens with two attached hydrogens (primary N) is 1. The molecule has 6 rings (SSSR count). The van der Waals surface area contributed by atoms with Crippen molar-refractivity contribution in [2.45, 2.75) is 40.5 Å². The van der Waals surface area contributed by atoms with Gasteiger partial charge in [0.25, 0.3) is 0 Å². The average Bonchev–Trinajstić information content (AvgIpc) is 2.66. The van der Waals surface area contributed by atoms with Gasteiger partial charge in [-0.1, -0.05) is 23.9 Å². The molecule has 4 aliphatic heterocycles. The minimum absolute atomic E-state index is 0.229. The highest BCUT2D eigenvalue weighted by Gasteiger charge is 2.41. The van der Waals surface area contributed by atoms with Crippen molar-refractivity contribution in [3.63, 3.8) is 0 Å². The molecule has 3 saturated heterocycles. The first-order chi connectivity index (χ1) is 12.9. The van der Waals surface area contributed by atoms with Crippen molar-refractivity contribution in [2.24, 2.45) is 11.1 Å². The second-order valence-electron chi connectivity index (χ2n) is 7.73. The zero-order chi connectivity index (χ0) is 18.8. The Morgan fingerprint density at radius 3 is 2.48 bits per heavy atom. The summed E-state index contributed by atoms with van der Waals surface area (Å²) in [5.74, 6) is 0.636. The zero-order valence-electron chi connectivity index (χ0n) is 15.3. The van der Waals surface area contributed by atoms with Gasteiger partial charge >= 0.3 is 0 Å². The number of para-hydroxylation sites is 1. The first-order valence-electron chi connectivity index (χ1n) is 9.38. The number of hydrogen-bond acceptors (Lipinski definition) is 5. The van der Waals surface area contributed by atoms with Crippen LogP contribution in [0.2, 0.25) is 0 Å². The average molecular weight is 402 g/mol. The number of anilines is 2. The van der Waals surface area contributed by atoms with E-state index >= 15 is 0 Å². The highest BCUT2D eigenvalue weighted by molar-refractivity contribution is 7.99. The van der Waals surface area contributed by atoms with Crippen LogP contribution in [0.25, 0.3) is 0 Å². The van der Waals surface area contributed by atoms with Gasteiger partial charge in [-0.25, -0.2) is 13.6 Å². The molecule has 0 amide bonds. The summed E-state index contributed by atoms with van der Waals surface area (Å²) in [6.07, 6.45) is 2.42. The lowest BCUT2D eigenvalue weighted by molar-refractivity contribution is 0.0891. The summed E-state index contributed by atoms with van der Waals surface area (Å²) in [4.78, 5) is 7.51. The molecule has 0 saturated carbocycles. The lowest BCUT2D eigenvalue weighted by Crippen LogP contribution is -2.56. The fourth-order valence-corrected chi connectivity index (χ4v) is 6.82. The smallest absolute Gasteiger partial charge is 0.238 e. The zero-order valence-corrected chi connectivity index (χ0v) is 16.9. The highest BCUT2D eigenvalue weighted by Crippen LogP contribution is 2.53. The van der Waals surface area contributed by atoms with E-state index in [1.807, 2.05) is 13.0 Å². The Hall–Kier alpha value is -1.54. The first kappa shape index (κ1) is 17.6. The molecule has 1 atom stereocenters.